The molecule has 0 N–H and O–H groups in total. The van der Waals surface area contributed by atoms with E-state index in [-0.39, 0.29) is 83.0 Å². The normalized spacial score (nSPS) is 0. The van der Waals surface area contributed by atoms with Gasteiger partial charge in [0.2, 0.25) is 0 Å². The third-order valence-corrected chi connectivity index (χ3v) is 0. The van der Waals surface area contributed by atoms with Gasteiger partial charge in [-0.2, -0.15) is 0 Å². The fraction of sp³-hybridized carbons (Fsp3) is 0. The molecule has 3 radical (unpaired) electrons. The van der Waals surface area contributed by atoms with Crippen LogP contribution in [-0.2, 0) is 43.0 Å². The van der Waals surface area contributed by atoms with Crippen LogP contribution in [-0.4, -0.2) is 23.1 Å². The van der Waals surface area contributed by atoms with Gasteiger partial charge in [0, 0.05) is 66.0 Å². The van der Waals surface area contributed by atoms with Crippen molar-refractivity contribution < 1.29 is 43.0 Å². The van der Waals surface area contributed by atoms with Crippen molar-refractivity contribution in [3.8, 4) is 0 Å². The topological polar surface area (TPSA) is 0 Å². The third-order valence-electron chi connectivity index (χ3n) is 0. The maximum Gasteiger partial charge on any atom is 0 e. The summed E-state index contributed by atoms with van der Waals surface area (Å²) in [4.78, 5) is 0. The number of rotatable bonds is 0. The Kier molecular flexibility index (Phi) is 132. The Morgan fingerprint density at radius 2 is 1.00 bits per heavy atom. The van der Waals surface area contributed by atoms with Crippen molar-refractivity contribution >= 4 is 40.0 Å². The summed E-state index contributed by atoms with van der Waals surface area (Å²) in [5.41, 5.74) is 0. The second kappa shape index (κ2) is 17.4. The average molecular weight is 255 g/mol. The van der Waals surface area contributed by atoms with Gasteiger partial charge in [-0.25, -0.2) is 0 Å². The van der Waals surface area contributed by atoms with Gasteiger partial charge in [0.25, 0.3) is 0 Å². The largest absolute Gasteiger partial charge is 0.114 e. The quantitative estimate of drug-likeness (QED) is 0.542. The number of hydrogen-bond acceptors (Lipinski definition) is 0. The van der Waals surface area contributed by atoms with Crippen LogP contribution in [0.25, 0.3) is 0 Å². The smallest absolute Gasteiger partial charge is 0 e. The Morgan fingerprint density at radius 1 is 1.00 bits per heavy atom. The van der Waals surface area contributed by atoms with Gasteiger partial charge >= 0.3 is 0 Å². The van der Waals surface area contributed by atoms with Crippen LogP contribution in [0.3, 0.4) is 0 Å². The molecule has 4 heavy (non-hydrogen) atoms. The molecule has 0 fully saturated rings. The Balaban J connectivity index is 0. The molecule has 0 unspecified atom stereocenters. The van der Waals surface area contributed by atoms with Gasteiger partial charge in [-0.15, -0.1) is 17.0 Å². The van der Waals surface area contributed by atoms with Crippen molar-refractivity contribution in [3.63, 3.8) is 0 Å². The van der Waals surface area contributed by atoms with E-state index < -0.39 is 0 Å². The van der Waals surface area contributed by atoms with E-state index in [1.54, 1.807) is 0 Å². The maximum absolute atomic E-state index is 0. The predicted molar refractivity (Wildman–Crippen MR) is 16.1 cm³/mol. The van der Waals surface area contributed by atoms with E-state index in [1.165, 1.54) is 0 Å². The van der Waals surface area contributed by atoms with Gasteiger partial charge in [-0.3, -0.25) is 0 Å². The minimum atomic E-state index is 0. The predicted octanol–water partition coefficient (Wildman–Crippen LogP) is 0.192. The SMILES string of the molecule is Br.[Co].[Mg].[Zr]. The zero-order chi connectivity index (χ0) is 0. The Morgan fingerprint density at radius 3 is 1.00 bits per heavy atom. The first kappa shape index (κ1) is 30.3. The van der Waals surface area contributed by atoms with Crippen LogP contribution in [0.1, 0.15) is 0 Å². The summed E-state index contributed by atoms with van der Waals surface area (Å²) >= 11 is 0. The van der Waals surface area contributed by atoms with Crippen molar-refractivity contribution in [2.75, 3.05) is 0 Å². The van der Waals surface area contributed by atoms with E-state index in [2.05, 4.69) is 0 Å². The number of hydrogen-bond donors (Lipinski definition) is 0. The van der Waals surface area contributed by atoms with Gasteiger partial charge in [0.1, 0.15) is 0 Å². The molecule has 0 aromatic heterocycles. The molecule has 0 heterocycles. The van der Waals surface area contributed by atoms with Crippen LogP contribution in [0.15, 0.2) is 0 Å². The first-order chi connectivity index (χ1) is 0. The molecule has 0 aliphatic carbocycles. The first-order valence-electron chi connectivity index (χ1n) is 0. The second-order valence-electron chi connectivity index (χ2n) is 0. The minimum Gasteiger partial charge on any atom is -0.114 e. The number of halogens is 1. The molecule has 0 spiro atoms. The summed E-state index contributed by atoms with van der Waals surface area (Å²) < 4.78 is 0. The molecule has 0 aromatic carbocycles. The molecule has 0 saturated heterocycles. The Labute approximate surface area is 81.7 Å². The molecule has 0 amide bonds. The van der Waals surface area contributed by atoms with Crippen LogP contribution in [0.2, 0.25) is 0 Å². The molecule has 0 rings (SSSR count). The average Bonchev–Trinajstić information content (AvgIpc) is 0. The van der Waals surface area contributed by atoms with Gasteiger partial charge in [0.15, 0.2) is 0 Å². The van der Waals surface area contributed by atoms with E-state index in [9.17, 15) is 0 Å². The van der Waals surface area contributed by atoms with Crippen LogP contribution in [0.4, 0.5) is 0 Å². The molecule has 0 aliphatic rings. The minimum absolute atomic E-state index is 0. The molecule has 0 saturated carbocycles. The maximum atomic E-state index is 0. The Bertz CT molecular complexity index is 8.00. The molecule has 0 bridgehead atoms. The van der Waals surface area contributed by atoms with Crippen molar-refractivity contribution in [2.45, 2.75) is 0 Å². The molecule has 4 heteroatoms. The zero-order valence-corrected chi connectivity index (χ0v) is 8.58. The van der Waals surface area contributed by atoms with Gasteiger partial charge in [-0.05, 0) is 0 Å². The summed E-state index contributed by atoms with van der Waals surface area (Å²) in [7, 11) is 0. The first-order valence-corrected chi connectivity index (χ1v) is 0. The molecular formula is HBrCoMgZr. The fourth-order valence-electron chi connectivity index (χ4n) is 0. The molecule has 23 valence electrons. The van der Waals surface area contributed by atoms with Gasteiger partial charge < -0.3 is 0 Å². The summed E-state index contributed by atoms with van der Waals surface area (Å²) in [6.07, 6.45) is 0. The van der Waals surface area contributed by atoms with E-state index in [4.69, 9.17) is 0 Å². The van der Waals surface area contributed by atoms with Crippen molar-refractivity contribution in [2.24, 2.45) is 0 Å². The summed E-state index contributed by atoms with van der Waals surface area (Å²) in [6, 6.07) is 0. The fourth-order valence-corrected chi connectivity index (χ4v) is 0. The molecular weight excluding hydrogens is 254 g/mol. The van der Waals surface area contributed by atoms with Crippen LogP contribution < -0.4 is 0 Å². The van der Waals surface area contributed by atoms with Crippen molar-refractivity contribution in [1.82, 2.24) is 0 Å². The van der Waals surface area contributed by atoms with Crippen molar-refractivity contribution in [1.29, 1.82) is 0 Å². The van der Waals surface area contributed by atoms with Gasteiger partial charge in [-0.1, -0.05) is 0 Å². The van der Waals surface area contributed by atoms with E-state index >= 15 is 0 Å². The van der Waals surface area contributed by atoms with Crippen molar-refractivity contribution in [3.05, 3.63) is 0 Å². The van der Waals surface area contributed by atoms with E-state index in [0.29, 0.717) is 0 Å². The van der Waals surface area contributed by atoms with E-state index in [1.807, 2.05) is 0 Å². The monoisotopic (exact) mass is 253 g/mol. The Hall–Kier alpha value is 2.64. The molecule has 0 aliphatic heterocycles. The van der Waals surface area contributed by atoms with Gasteiger partial charge in [0.05, 0.1) is 0 Å². The van der Waals surface area contributed by atoms with Crippen LogP contribution in [0.5, 0.6) is 0 Å². The molecule has 0 atom stereocenters. The van der Waals surface area contributed by atoms with Crippen LogP contribution in [0, 0.1) is 0 Å². The summed E-state index contributed by atoms with van der Waals surface area (Å²) in [5.74, 6) is 0. The standard InChI is InChI=1S/BrH.Co.Mg.Zr/h1H;;;. The summed E-state index contributed by atoms with van der Waals surface area (Å²) in [6.45, 7) is 0. The van der Waals surface area contributed by atoms with Crippen LogP contribution >= 0.6 is 17.0 Å². The second-order valence-corrected chi connectivity index (χ2v) is 0. The molecule has 0 nitrogen and oxygen atoms in total. The molecule has 0 aromatic rings. The van der Waals surface area contributed by atoms with E-state index in [0.717, 1.165) is 0 Å². The third kappa shape index (κ3) is 8.82. The summed E-state index contributed by atoms with van der Waals surface area (Å²) in [5, 5.41) is 0. The zero-order valence-electron chi connectivity index (χ0n) is 1.95.